The molecule has 0 spiro atoms. The van der Waals surface area contributed by atoms with Gasteiger partial charge in [0, 0.05) is 84.7 Å². The van der Waals surface area contributed by atoms with Crippen LogP contribution >= 0.6 is 11.8 Å². The first-order valence-electron chi connectivity index (χ1n) is 16.1. The first-order valence-corrected chi connectivity index (χ1v) is 16.5. The second-order valence-corrected chi connectivity index (χ2v) is 12.9. The number of hydrogen-bond donors (Lipinski definition) is 4. The van der Waals surface area contributed by atoms with Gasteiger partial charge in [-0.1, -0.05) is 12.1 Å². The van der Waals surface area contributed by atoms with E-state index in [0.717, 1.165) is 103 Å². The van der Waals surface area contributed by atoms with Crippen LogP contribution in [0.2, 0.25) is 0 Å². The second kappa shape index (κ2) is 13.6. The molecule has 0 atom stereocenters. The number of nitrogens with zero attached hydrogens (tertiary/aromatic N) is 4. The molecule has 0 unspecified atom stereocenters. The third-order valence-corrected chi connectivity index (χ3v) is 9.54. The number of carbonyl (C=O) groups excluding carboxylic acids is 1. The summed E-state index contributed by atoms with van der Waals surface area (Å²) < 4.78 is 6.74. The largest absolute Gasteiger partial charge is 0.382 e. The summed E-state index contributed by atoms with van der Waals surface area (Å²) in [5.74, 6) is 0.244. The minimum atomic E-state index is -0.325. The van der Waals surface area contributed by atoms with Crippen LogP contribution < -0.4 is 16.4 Å². The summed E-state index contributed by atoms with van der Waals surface area (Å²) in [5.41, 5.74) is 13.1. The number of nitrogens with two attached hydrogens (primary N) is 1. The number of nitrogens with one attached hydrogen (secondary N) is 3. The smallest absolute Gasteiger partial charge is 0.270 e. The maximum atomic E-state index is 13.3. The van der Waals surface area contributed by atoms with Crippen molar-refractivity contribution >= 4 is 51.0 Å². The fourth-order valence-corrected chi connectivity index (χ4v) is 6.78. The molecule has 0 radical (unpaired) electrons. The van der Waals surface area contributed by atoms with Gasteiger partial charge in [-0.3, -0.25) is 14.8 Å². The molecule has 4 aromatic heterocycles. The van der Waals surface area contributed by atoms with E-state index < -0.39 is 0 Å². The van der Waals surface area contributed by atoms with Crippen LogP contribution in [0.5, 0.6) is 0 Å². The van der Waals surface area contributed by atoms with Crippen LogP contribution in [0.3, 0.4) is 0 Å². The fourth-order valence-electron chi connectivity index (χ4n) is 6.55. The third kappa shape index (κ3) is 6.65. The van der Waals surface area contributed by atoms with Crippen LogP contribution in [0, 0.1) is 5.92 Å². The summed E-state index contributed by atoms with van der Waals surface area (Å²) in [6.45, 7) is 2.75. The zero-order valence-electron chi connectivity index (χ0n) is 25.7. The van der Waals surface area contributed by atoms with Crippen LogP contribution in [-0.2, 0) is 11.3 Å². The van der Waals surface area contributed by atoms with Crippen molar-refractivity contribution < 1.29 is 9.53 Å². The molecular weight excluding hydrogens is 600 g/mol. The van der Waals surface area contributed by atoms with Gasteiger partial charge in [0.05, 0.1) is 35.2 Å². The van der Waals surface area contributed by atoms with Gasteiger partial charge in [-0.05, 0) is 79.8 Å². The van der Waals surface area contributed by atoms with Gasteiger partial charge in [0.15, 0.2) is 0 Å². The highest BCUT2D eigenvalue weighted by atomic mass is 35.5. The van der Waals surface area contributed by atoms with Crippen molar-refractivity contribution in [1.29, 1.82) is 0 Å². The van der Waals surface area contributed by atoms with Gasteiger partial charge in [-0.25, -0.2) is 9.40 Å². The Hall–Kier alpha value is -4.25. The molecule has 1 aromatic carbocycles. The van der Waals surface area contributed by atoms with Gasteiger partial charge in [0.1, 0.15) is 5.65 Å². The number of amides is 1. The zero-order chi connectivity index (χ0) is 31.5. The Morgan fingerprint density at radius 3 is 2.67 bits per heavy atom. The minimum absolute atomic E-state index is 0.234. The van der Waals surface area contributed by atoms with Gasteiger partial charge in [-0.2, -0.15) is 0 Å². The number of anilines is 2. The van der Waals surface area contributed by atoms with E-state index in [2.05, 4.69) is 43.8 Å². The van der Waals surface area contributed by atoms with E-state index in [9.17, 15) is 4.79 Å². The molecule has 5 heterocycles. The molecule has 1 aliphatic carbocycles. The number of fused-ring (bicyclic) bond motifs is 2. The predicted octanol–water partition coefficient (Wildman–Crippen LogP) is 6.49. The van der Waals surface area contributed by atoms with Gasteiger partial charge < -0.3 is 26.1 Å². The van der Waals surface area contributed by atoms with E-state index in [4.69, 9.17) is 27.2 Å². The number of hydrogen-bond acceptors (Lipinski definition) is 8. The molecule has 1 saturated heterocycles. The van der Waals surface area contributed by atoms with E-state index in [1.165, 1.54) is 4.42 Å². The van der Waals surface area contributed by atoms with E-state index in [0.29, 0.717) is 23.2 Å². The standard InChI is InChI=1S/C35H39ClN8O2/c36-44(21-23-2-1-11-38-16-23)35(45)25-15-28-30(19-42-34(28)41-18-25)24-3-8-31-29(14-24)33(43-27-6-4-26(37)5-7-27)32(20-40-31)39-17-22-9-12-46-13-10-22/h1-3,8,11,14-16,18-20,22,26-27,39H,4-7,9-10,12-13,17,21,37H2,(H,40,43)(H,41,42). The van der Waals surface area contributed by atoms with Crippen LogP contribution in [0.4, 0.5) is 11.4 Å². The maximum Gasteiger partial charge on any atom is 0.270 e. The van der Waals surface area contributed by atoms with Gasteiger partial charge >= 0.3 is 0 Å². The lowest BCUT2D eigenvalue weighted by atomic mass is 9.91. The predicted molar refractivity (Wildman–Crippen MR) is 183 cm³/mol. The Morgan fingerprint density at radius 2 is 1.87 bits per heavy atom. The van der Waals surface area contributed by atoms with Crippen LogP contribution in [-0.4, -0.2) is 62.1 Å². The average molecular weight is 639 g/mol. The highest BCUT2D eigenvalue weighted by Crippen LogP contribution is 2.37. The lowest BCUT2D eigenvalue weighted by Gasteiger charge is -2.29. The highest BCUT2D eigenvalue weighted by Gasteiger charge is 2.23. The van der Waals surface area contributed by atoms with Crippen molar-refractivity contribution in [2.45, 2.75) is 57.2 Å². The Morgan fingerprint density at radius 1 is 1.02 bits per heavy atom. The van der Waals surface area contributed by atoms with Crippen molar-refractivity contribution in [3.63, 3.8) is 0 Å². The number of H-pyrrole nitrogens is 1. The first kappa shape index (κ1) is 30.4. The SMILES string of the molecule is NC1CCC(Nc2c(NCC3CCOCC3)cnc3ccc(-c4c[nH]c5ncc(C(=O)N(Cl)Cc6cccnc6)cc45)cc23)CC1. The van der Waals surface area contributed by atoms with Crippen molar-refractivity contribution in [3.05, 3.63) is 78.5 Å². The van der Waals surface area contributed by atoms with Gasteiger partial charge in [0.25, 0.3) is 5.91 Å². The monoisotopic (exact) mass is 638 g/mol. The molecule has 2 fully saturated rings. The summed E-state index contributed by atoms with van der Waals surface area (Å²) in [5, 5.41) is 9.51. The van der Waals surface area contributed by atoms with E-state index in [-0.39, 0.29) is 18.5 Å². The molecule has 2 aliphatic rings. The molecule has 46 heavy (non-hydrogen) atoms. The second-order valence-electron chi connectivity index (χ2n) is 12.5. The molecule has 238 valence electrons. The number of carbonyl (C=O) groups is 1. The molecule has 5 N–H and O–H groups in total. The molecule has 1 amide bonds. The summed E-state index contributed by atoms with van der Waals surface area (Å²) in [7, 11) is 0. The average Bonchev–Trinajstić information content (AvgIpc) is 3.52. The zero-order valence-corrected chi connectivity index (χ0v) is 26.5. The van der Waals surface area contributed by atoms with E-state index in [1.807, 2.05) is 30.6 Å². The fraction of sp³-hybridized carbons (Fsp3) is 0.371. The molecule has 1 saturated carbocycles. The number of benzene rings is 1. The quantitative estimate of drug-likeness (QED) is 0.135. The Labute approximate surface area is 273 Å². The van der Waals surface area contributed by atoms with Crippen molar-refractivity contribution in [2.24, 2.45) is 11.7 Å². The lowest BCUT2D eigenvalue weighted by molar-refractivity contribution is 0.0699. The molecular formula is C35H39ClN8O2. The van der Waals surface area contributed by atoms with Gasteiger partial charge in [-0.15, -0.1) is 0 Å². The summed E-state index contributed by atoms with van der Waals surface area (Å²) in [6, 6.07) is 12.5. The number of aromatic nitrogens is 4. The molecule has 5 aromatic rings. The number of aromatic amines is 1. The number of pyridine rings is 3. The molecule has 10 nitrogen and oxygen atoms in total. The van der Waals surface area contributed by atoms with Crippen LogP contribution in [0.15, 0.2) is 67.4 Å². The minimum Gasteiger partial charge on any atom is -0.382 e. The first-order chi connectivity index (χ1) is 22.5. The highest BCUT2D eigenvalue weighted by molar-refractivity contribution is 6.24. The number of halogens is 1. The normalized spacial score (nSPS) is 18.9. The van der Waals surface area contributed by atoms with Crippen LogP contribution in [0.25, 0.3) is 33.1 Å². The van der Waals surface area contributed by atoms with E-state index in [1.54, 1.807) is 18.6 Å². The Kier molecular flexibility index (Phi) is 9.00. The Balaban J connectivity index is 1.22. The summed E-state index contributed by atoms with van der Waals surface area (Å²) in [4.78, 5) is 30.1. The summed E-state index contributed by atoms with van der Waals surface area (Å²) >= 11 is 6.43. The third-order valence-electron chi connectivity index (χ3n) is 9.26. The summed E-state index contributed by atoms with van der Waals surface area (Å²) in [6.07, 6.45) is 15.1. The molecule has 7 rings (SSSR count). The van der Waals surface area contributed by atoms with Gasteiger partial charge in [0.2, 0.25) is 0 Å². The lowest BCUT2D eigenvalue weighted by Crippen LogP contribution is -2.33. The molecule has 0 bridgehead atoms. The Bertz CT molecular complexity index is 1820. The van der Waals surface area contributed by atoms with Crippen molar-refractivity contribution in [1.82, 2.24) is 24.4 Å². The number of rotatable bonds is 9. The van der Waals surface area contributed by atoms with E-state index >= 15 is 0 Å². The number of ether oxygens (including phenoxy) is 1. The molecule has 11 heteroatoms. The van der Waals surface area contributed by atoms with Crippen molar-refractivity contribution in [3.8, 4) is 11.1 Å². The van der Waals surface area contributed by atoms with Crippen LogP contribution in [0.1, 0.15) is 54.4 Å². The molecule has 1 aliphatic heterocycles. The maximum absolute atomic E-state index is 13.3. The topological polar surface area (TPSA) is 134 Å². The van der Waals surface area contributed by atoms with Crippen molar-refractivity contribution in [2.75, 3.05) is 30.4 Å².